The fourth-order valence-corrected chi connectivity index (χ4v) is 2.74. The Morgan fingerprint density at radius 3 is 2.26 bits per heavy atom. The highest BCUT2D eigenvalue weighted by Crippen LogP contribution is 2.33. The van der Waals surface area contributed by atoms with Gasteiger partial charge in [0, 0.05) is 0 Å². The fraction of sp³-hybridized carbons (Fsp3) is 0.529. The van der Waals surface area contributed by atoms with E-state index in [4.69, 9.17) is 11.0 Å². The Labute approximate surface area is 135 Å². The normalized spacial score (nSPS) is 13.1. The third-order valence-electron chi connectivity index (χ3n) is 3.94. The highest BCUT2D eigenvalue weighted by atomic mass is 19.1. The third kappa shape index (κ3) is 4.26. The number of alkyl halides is 2. The fourth-order valence-electron chi connectivity index (χ4n) is 2.74. The van der Waals surface area contributed by atoms with Crippen molar-refractivity contribution in [1.29, 1.82) is 5.26 Å². The molecule has 2 N–H and O–H groups in total. The summed E-state index contributed by atoms with van der Waals surface area (Å²) in [6.45, 7) is 1.36. The van der Waals surface area contributed by atoms with Crippen LogP contribution in [0.2, 0.25) is 0 Å². The number of nitrogens with zero attached hydrogens (tertiary/aromatic N) is 2. The average molecular weight is 323 g/mol. The van der Waals surface area contributed by atoms with E-state index in [0.717, 1.165) is 0 Å². The number of amides is 1. The monoisotopic (exact) mass is 323 g/mol. The van der Waals surface area contributed by atoms with E-state index in [9.17, 15) is 13.6 Å². The van der Waals surface area contributed by atoms with Gasteiger partial charge in [-0.2, -0.15) is 5.26 Å². The molecule has 0 radical (unpaired) electrons. The first-order valence-electron chi connectivity index (χ1n) is 7.53. The lowest BCUT2D eigenvalue weighted by Crippen LogP contribution is -2.58. The molecule has 0 spiro atoms. The number of primary amides is 1. The van der Waals surface area contributed by atoms with E-state index in [2.05, 4.69) is 0 Å². The van der Waals surface area contributed by atoms with Gasteiger partial charge in [0.2, 0.25) is 5.91 Å². The number of hydrogen-bond donors (Lipinski definition) is 1. The third-order valence-corrected chi connectivity index (χ3v) is 3.94. The van der Waals surface area contributed by atoms with Gasteiger partial charge in [-0.1, -0.05) is 44.2 Å². The molecule has 0 aliphatic carbocycles. The number of carbonyl (C=O) groups is 1. The molecule has 0 fully saturated rings. The summed E-state index contributed by atoms with van der Waals surface area (Å²) in [7, 11) is 0. The van der Waals surface area contributed by atoms with Crippen LogP contribution in [0.15, 0.2) is 30.3 Å². The zero-order chi connectivity index (χ0) is 17.5. The number of nitriles is 1. The molecule has 0 unspecified atom stereocenters. The van der Waals surface area contributed by atoms with E-state index in [1.807, 2.05) is 19.9 Å². The maximum absolute atomic E-state index is 14.0. The average Bonchev–Trinajstić information content (AvgIpc) is 2.54. The quantitative estimate of drug-likeness (QED) is 0.710. The van der Waals surface area contributed by atoms with Gasteiger partial charge in [-0.05, 0) is 17.9 Å². The van der Waals surface area contributed by atoms with Crippen molar-refractivity contribution in [2.45, 2.75) is 31.8 Å². The summed E-state index contributed by atoms with van der Waals surface area (Å²) in [5.41, 5.74) is 4.16. The van der Waals surface area contributed by atoms with Gasteiger partial charge in [-0.25, -0.2) is 8.78 Å². The number of nitrogens with two attached hydrogens (primary N) is 1. The molecule has 126 valence electrons. The summed E-state index contributed by atoms with van der Waals surface area (Å²) >= 11 is 0. The Bertz CT molecular complexity index is 539. The molecule has 0 saturated heterocycles. The van der Waals surface area contributed by atoms with Crippen molar-refractivity contribution >= 4 is 5.91 Å². The summed E-state index contributed by atoms with van der Waals surface area (Å²) in [5.74, 6) is -0.599. The van der Waals surface area contributed by atoms with Gasteiger partial charge >= 0.3 is 0 Å². The van der Waals surface area contributed by atoms with E-state index in [-0.39, 0.29) is 12.5 Å². The lowest BCUT2D eigenvalue weighted by atomic mass is 9.87. The van der Waals surface area contributed by atoms with Crippen molar-refractivity contribution in [3.63, 3.8) is 0 Å². The number of carbonyl (C=O) groups excluding carboxylic acids is 1. The molecule has 1 atom stereocenters. The molecule has 0 aromatic heterocycles. The molecular weight excluding hydrogens is 300 g/mol. The Hall–Kier alpha value is -2.00. The van der Waals surface area contributed by atoms with Crippen molar-refractivity contribution in [3.8, 4) is 6.07 Å². The zero-order valence-electron chi connectivity index (χ0n) is 13.5. The van der Waals surface area contributed by atoms with E-state index in [1.54, 1.807) is 30.3 Å². The van der Waals surface area contributed by atoms with Gasteiger partial charge in [0.1, 0.15) is 18.9 Å². The molecule has 1 rings (SSSR count). The van der Waals surface area contributed by atoms with E-state index in [1.165, 1.54) is 4.90 Å². The Kier molecular flexibility index (Phi) is 7.11. The highest BCUT2D eigenvalue weighted by Gasteiger charge is 2.44. The van der Waals surface area contributed by atoms with Crippen LogP contribution >= 0.6 is 0 Å². The second kappa shape index (κ2) is 8.59. The molecule has 6 heteroatoms. The molecule has 0 aliphatic rings. The number of halogens is 2. The second-order valence-electron chi connectivity index (χ2n) is 6.00. The summed E-state index contributed by atoms with van der Waals surface area (Å²) < 4.78 is 28.0. The molecule has 4 nitrogen and oxygen atoms in total. The first kappa shape index (κ1) is 19.0. The Balaban J connectivity index is 3.41. The zero-order valence-corrected chi connectivity index (χ0v) is 13.5. The van der Waals surface area contributed by atoms with Crippen LogP contribution in [-0.2, 0) is 10.3 Å². The summed E-state index contributed by atoms with van der Waals surface area (Å²) in [6.07, 6.45) is 0.325. The Morgan fingerprint density at radius 2 is 1.87 bits per heavy atom. The van der Waals surface area contributed by atoms with Crippen LogP contribution in [0.4, 0.5) is 8.78 Å². The molecule has 1 amide bonds. The molecule has 0 aliphatic heterocycles. The standard InChI is InChI=1S/C17H23F2N3O/c1-13(2)10-15(16(21)23)22(9-8-20)17(11-18,12-19)14-6-4-3-5-7-14/h3-7,13,15H,9-12H2,1-2H3,(H2,21,23)/t15-/m0/s1. The smallest absolute Gasteiger partial charge is 0.234 e. The van der Waals surface area contributed by atoms with Crippen molar-refractivity contribution in [2.75, 3.05) is 19.9 Å². The SMILES string of the molecule is CC(C)C[C@@H](C(N)=O)N(CC#N)C(CF)(CF)c1ccccc1. The van der Waals surface area contributed by atoms with Gasteiger partial charge in [-0.15, -0.1) is 0 Å². The second-order valence-corrected chi connectivity index (χ2v) is 6.00. The lowest BCUT2D eigenvalue weighted by Gasteiger charge is -2.43. The predicted octanol–water partition coefficient (Wildman–Crippen LogP) is 2.55. The lowest BCUT2D eigenvalue weighted by molar-refractivity contribution is -0.127. The highest BCUT2D eigenvalue weighted by molar-refractivity contribution is 5.80. The van der Waals surface area contributed by atoms with Crippen LogP contribution in [0, 0.1) is 17.2 Å². The molecule has 1 aromatic rings. The Morgan fingerprint density at radius 1 is 1.30 bits per heavy atom. The minimum atomic E-state index is -1.69. The van der Waals surface area contributed by atoms with Crippen molar-refractivity contribution in [2.24, 2.45) is 11.7 Å². The van der Waals surface area contributed by atoms with E-state index in [0.29, 0.717) is 12.0 Å². The number of hydrogen-bond acceptors (Lipinski definition) is 3. The summed E-state index contributed by atoms with van der Waals surface area (Å²) in [4.78, 5) is 13.2. The van der Waals surface area contributed by atoms with Crippen LogP contribution in [-0.4, -0.2) is 36.7 Å². The van der Waals surface area contributed by atoms with Gasteiger partial charge in [0.25, 0.3) is 0 Å². The minimum absolute atomic E-state index is 0.0846. The summed E-state index contributed by atoms with van der Waals surface area (Å²) in [6, 6.07) is 9.25. The van der Waals surface area contributed by atoms with E-state index < -0.39 is 30.8 Å². The van der Waals surface area contributed by atoms with Gasteiger partial charge < -0.3 is 5.73 Å². The van der Waals surface area contributed by atoms with Crippen LogP contribution in [0.5, 0.6) is 0 Å². The van der Waals surface area contributed by atoms with Crippen LogP contribution in [0.3, 0.4) is 0 Å². The maximum Gasteiger partial charge on any atom is 0.234 e. The van der Waals surface area contributed by atoms with E-state index >= 15 is 0 Å². The van der Waals surface area contributed by atoms with Crippen LogP contribution in [0.1, 0.15) is 25.8 Å². The number of rotatable bonds is 9. The first-order chi connectivity index (χ1) is 10.9. The van der Waals surface area contributed by atoms with Gasteiger partial charge in [0.15, 0.2) is 0 Å². The molecule has 23 heavy (non-hydrogen) atoms. The van der Waals surface area contributed by atoms with Crippen molar-refractivity contribution in [3.05, 3.63) is 35.9 Å². The summed E-state index contributed by atoms with van der Waals surface area (Å²) in [5, 5.41) is 9.11. The topological polar surface area (TPSA) is 70.1 Å². The van der Waals surface area contributed by atoms with Gasteiger partial charge in [0.05, 0.1) is 18.7 Å². The first-order valence-corrected chi connectivity index (χ1v) is 7.53. The molecule has 0 saturated carbocycles. The van der Waals surface area contributed by atoms with Crippen LogP contribution < -0.4 is 5.73 Å². The van der Waals surface area contributed by atoms with Crippen LogP contribution in [0.25, 0.3) is 0 Å². The molecular formula is C17H23F2N3O. The van der Waals surface area contributed by atoms with Crippen molar-refractivity contribution in [1.82, 2.24) is 4.90 Å². The van der Waals surface area contributed by atoms with Gasteiger partial charge in [-0.3, -0.25) is 9.69 Å². The predicted molar refractivity (Wildman–Crippen MR) is 84.8 cm³/mol. The number of benzene rings is 1. The molecule has 1 aromatic carbocycles. The van der Waals surface area contributed by atoms with Crippen molar-refractivity contribution < 1.29 is 13.6 Å². The minimum Gasteiger partial charge on any atom is -0.368 e. The maximum atomic E-state index is 14.0. The largest absolute Gasteiger partial charge is 0.368 e. The molecule has 0 heterocycles. The molecule has 0 bridgehead atoms.